The first kappa shape index (κ1) is 11.5. The summed E-state index contributed by atoms with van der Waals surface area (Å²) in [6.45, 7) is 3.29. The maximum Gasteiger partial charge on any atom is 0.0991 e. The third kappa shape index (κ3) is 2.46. The van der Waals surface area contributed by atoms with Gasteiger partial charge in [-0.15, -0.1) is 0 Å². The van der Waals surface area contributed by atoms with Crippen molar-refractivity contribution in [1.29, 1.82) is 0 Å². The van der Waals surface area contributed by atoms with Crippen LogP contribution in [0.4, 0.5) is 0 Å². The highest BCUT2D eigenvalue weighted by Crippen LogP contribution is 2.26. The summed E-state index contributed by atoms with van der Waals surface area (Å²) in [5.74, 6) is 0.908. The van der Waals surface area contributed by atoms with Gasteiger partial charge in [0.05, 0.1) is 6.33 Å². The van der Waals surface area contributed by atoms with Gasteiger partial charge in [0.25, 0.3) is 0 Å². The lowest BCUT2D eigenvalue weighted by Crippen LogP contribution is -2.39. The summed E-state index contributed by atoms with van der Waals surface area (Å²) in [7, 11) is 0. The molecule has 1 aliphatic carbocycles. The van der Waals surface area contributed by atoms with Crippen molar-refractivity contribution in [3.63, 3.8) is 0 Å². The molecular formula is C15H19N3. The van der Waals surface area contributed by atoms with Crippen LogP contribution in [0.2, 0.25) is 0 Å². The van der Waals surface area contributed by atoms with E-state index in [1.165, 1.54) is 18.4 Å². The number of benzene rings is 1. The van der Waals surface area contributed by atoms with Crippen molar-refractivity contribution in [1.82, 2.24) is 14.9 Å². The largest absolute Gasteiger partial charge is 0.310 e. The number of rotatable bonds is 4. The highest BCUT2D eigenvalue weighted by Gasteiger charge is 2.24. The molecule has 1 heterocycles. The first-order valence-electron chi connectivity index (χ1n) is 6.62. The van der Waals surface area contributed by atoms with Gasteiger partial charge in [0.15, 0.2) is 0 Å². The van der Waals surface area contributed by atoms with Gasteiger partial charge in [-0.1, -0.05) is 19.1 Å². The second-order valence-corrected chi connectivity index (χ2v) is 5.29. The van der Waals surface area contributed by atoms with E-state index >= 15 is 0 Å². The molecule has 0 radical (unpaired) electrons. The van der Waals surface area contributed by atoms with Crippen molar-refractivity contribution in [2.45, 2.75) is 32.4 Å². The standard InChI is InChI=1S/C15H19N3/c1-12-8-14(9-12)17-10-13-2-4-15(5-3-13)18-7-6-16-11-18/h2-7,11-12,14,17H,8-10H2,1H3. The lowest BCUT2D eigenvalue weighted by molar-refractivity contribution is 0.240. The van der Waals surface area contributed by atoms with Crippen LogP contribution in [-0.2, 0) is 6.54 Å². The molecule has 1 fully saturated rings. The molecule has 1 aliphatic rings. The van der Waals surface area contributed by atoms with Gasteiger partial charge in [0.1, 0.15) is 0 Å². The van der Waals surface area contributed by atoms with E-state index in [-0.39, 0.29) is 0 Å². The fraction of sp³-hybridized carbons (Fsp3) is 0.400. The summed E-state index contributed by atoms with van der Waals surface area (Å²) in [5.41, 5.74) is 2.51. The van der Waals surface area contributed by atoms with Crippen molar-refractivity contribution < 1.29 is 0 Å². The molecule has 0 spiro atoms. The molecule has 1 aromatic carbocycles. The fourth-order valence-corrected chi connectivity index (χ4v) is 2.53. The van der Waals surface area contributed by atoms with E-state index in [2.05, 4.69) is 41.5 Å². The van der Waals surface area contributed by atoms with Crippen LogP contribution in [0.1, 0.15) is 25.3 Å². The van der Waals surface area contributed by atoms with Gasteiger partial charge in [-0.3, -0.25) is 0 Å². The minimum Gasteiger partial charge on any atom is -0.310 e. The Morgan fingerprint density at radius 3 is 2.67 bits per heavy atom. The van der Waals surface area contributed by atoms with E-state index in [9.17, 15) is 0 Å². The quantitative estimate of drug-likeness (QED) is 0.892. The molecular weight excluding hydrogens is 222 g/mol. The van der Waals surface area contributed by atoms with E-state index in [0.717, 1.165) is 24.2 Å². The monoisotopic (exact) mass is 241 g/mol. The molecule has 0 amide bonds. The highest BCUT2D eigenvalue weighted by molar-refractivity contribution is 5.34. The second kappa shape index (κ2) is 4.94. The first-order chi connectivity index (χ1) is 8.81. The van der Waals surface area contributed by atoms with Gasteiger partial charge in [0, 0.05) is 30.7 Å². The molecule has 1 saturated carbocycles. The summed E-state index contributed by atoms with van der Waals surface area (Å²) in [4.78, 5) is 4.06. The predicted molar refractivity (Wildman–Crippen MR) is 72.6 cm³/mol. The van der Waals surface area contributed by atoms with Gasteiger partial charge in [-0.05, 0) is 36.5 Å². The van der Waals surface area contributed by atoms with Crippen LogP contribution in [0.15, 0.2) is 43.0 Å². The Morgan fingerprint density at radius 1 is 1.28 bits per heavy atom. The van der Waals surface area contributed by atoms with Crippen LogP contribution in [0.25, 0.3) is 5.69 Å². The van der Waals surface area contributed by atoms with Crippen molar-refractivity contribution in [3.8, 4) is 5.69 Å². The summed E-state index contributed by atoms with van der Waals surface area (Å²) >= 11 is 0. The Kier molecular flexibility index (Phi) is 3.15. The predicted octanol–water partition coefficient (Wildman–Crippen LogP) is 2.76. The van der Waals surface area contributed by atoms with Gasteiger partial charge in [-0.2, -0.15) is 0 Å². The van der Waals surface area contributed by atoms with Crippen LogP contribution >= 0.6 is 0 Å². The lowest BCUT2D eigenvalue weighted by atomic mass is 9.82. The Balaban J connectivity index is 1.58. The molecule has 0 saturated heterocycles. The van der Waals surface area contributed by atoms with Crippen LogP contribution in [0.3, 0.4) is 0 Å². The number of imidazole rings is 1. The maximum atomic E-state index is 4.06. The SMILES string of the molecule is CC1CC(NCc2ccc(-n3ccnc3)cc2)C1. The molecule has 1 aromatic heterocycles. The Bertz CT molecular complexity index is 481. The van der Waals surface area contributed by atoms with Crippen LogP contribution in [0.5, 0.6) is 0 Å². The third-order valence-corrected chi connectivity index (χ3v) is 3.71. The van der Waals surface area contributed by atoms with Crippen molar-refractivity contribution >= 4 is 0 Å². The Hall–Kier alpha value is -1.61. The van der Waals surface area contributed by atoms with Crippen molar-refractivity contribution in [2.75, 3.05) is 0 Å². The second-order valence-electron chi connectivity index (χ2n) is 5.29. The normalized spacial score (nSPS) is 22.7. The van der Waals surface area contributed by atoms with Crippen LogP contribution in [-0.4, -0.2) is 15.6 Å². The molecule has 18 heavy (non-hydrogen) atoms. The molecule has 0 atom stereocenters. The molecule has 94 valence electrons. The summed E-state index contributed by atoms with van der Waals surface area (Å²) in [6, 6.07) is 9.38. The Labute approximate surface area is 108 Å². The van der Waals surface area contributed by atoms with Crippen molar-refractivity contribution in [3.05, 3.63) is 48.5 Å². The zero-order valence-electron chi connectivity index (χ0n) is 10.7. The first-order valence-corrected chi connectivity index (χ1v) is 6.62. The average Bonchev–Trinajstić information content (AvgIpc) is 2.88. The fourth-order valence-electron chi connectivity index (χ4n) is 2.53. The van der Waals surface area contributed by atoms with E-state index in [0.29, 0.717) is 0 Å². The summed E-state index contributed by atoms with van der Waals surface area (Å²) < 4.78 is 2.02. The van der Waals surface area contributed by atoms with E-state index < -0.39 is 0 Å². The molecule has 3 nitrogen and oxygen atoms in total. The molecule has 0 unspecified atom stereocenters. The molecule has 2 aromatic rings. The summed E-state index contributed by atoms with van der Waals surface area (Å²) in [6.07, 6.45) is 8.24. The lowest BCUT2D eigenvalue weighted by Gasteiger charge is -2.33. The molecule has 0 aliphatic heterocycles. The number of hydrogen-bond acceptors (Lipinski definition) is 2. The topological polar surface area (TPSA) is 29.9 Å². The molecule has 3 rings (SSSR count). The molecule has 3 heteroatoms. The number of nitrogens with zero attached hydrogens (tertiary/aromatic N) is 2. The van der Waals surface area contributed by atoms with Gasteiger partial charge >= 0.3 is 0 Å². The number of aromatic nitrogens is 2. The molecule has 1 N–H and O–H groups in total. The maximum absolute atomic E-state index is 4.06. The van der Waals surface area contributed by atoms with E-state index in [4.69, 9.17) is 0 Å². The van der Waals surface area contributed by atoms with Gasteiger partial charge < -0.3 is 9.88 Å². The van der Waals surface area contributed by atoms with Crippen molar-refractivity contribution in [2.24, 2.45) is 5.92 Å². The zero-order valence-corrected chi connectivity index (χ0v) is 10.7. The Morgan fingerprint density at radius 2 is 2.06 bits per heavy atom. The number of hydrogen-bond donors (Lipinski definition) is 1. The average molecular weight is 241 g/mol. The minimum atomic E-state index is 0.730. The number of nitrogens with one attached hydrogen (secondary N) is 1. The third-order valence-electron chi connectivity index (χ3n) is 3.71. The van der Waals surface area contributed by atoms with E-state index in [1.807, 2.05) is 17.1 Å². The zero-order chi connectivity index (χ0) is 12.4. The smallest absolute Gasteiger partial charge is 0.0991 e. The van der Waals surface area contributed by atoms with Crippen LogP contribution in [0, 0.1) is 5.92 Å². The van der Waals surface area contributed by atoms with Gasteiger partial charge in [0.2, 0.25) is 0 Å². The van der Waals surface area contributed by atoms with E-state index in [1.54, 1.807) is 6.20 Å². The minimum absolute atomic E-state index is 0.730. The van der Waals surface area contributed by atoms with Gasteiger partial charge in [-0.25, -0.2) is 4.98 Å². The van der Waals surface area contributed by atoms with Crippen LogP contribution < -0.4 is 5.32 Å². The summed E-state index contributed by atoms with van der Waals surface area (Å²) in [5, 5.41) is 3.60. The highest BCUT2D eigenvalue weighted by atomic mass is 15.0. The molecule has 0 bridgehead atoms.